The smallest absolute Gasteiger partial charge is 0.422 e. The quantitative estimate of drug-likeness (QED) is 0.516. The Morgan fingerprint density at radius 1 is 1.36 bits per heavy atom. The first-order valence-electron chi connectivity index (χ1n) is 7.92. The van der Waals surface area contributed by atoms with E-state index in [1.54, 1.807) is 0 Å². The molecule has 1 aliphatic heterocycles. The van der Waals surface area contributed by atoms with Crippen molar-refractivity contribution in [2.24, 2.45) is 0 Å². The number of halogens is 3. The minimum atomic E-state index is -4.68. The van der Waals surface area contributed by atoms with Gasteiger partial charge in [-0.3, -0.25) is 4.57 Å². The van der Waals surface area contributed by atoms with Crippen LogP contribution in [0.4, 0.5) is 19.0 Å². The maximum absolute atomic E-state index is 12.1. The van der Waals surface area contributed by atoms with E-state index in [1.165, 1.54) is 17.2 Å². The summed E-state index contributed by atoms with van der Waals surface area (Å²) in [6, 6.07) is 0. The second kappa shape index (κ2) is 7.83. The van der Waals surface area contributed by atoms with Crippen LogP contribution in [0.3, 0.4) is 0 Å². The van der Waals surface area contributed by atoms with Gasteiger partial charge in [-0.15, -0.1) is 0 Å². The molecule has 154 valence electrons. The van der Waals surface area contributed by atoms with Gasteiger partial charge in [0.25, 0.3) is 0 Å². The molecule has 0 bridgehead atoms. The van der Waals surface area contributed by atoms with Gasteiger partial charge in [-0.2, -0.15) is 13.2 Å². The summed E-state index contributed by atoms with van der Waals surface area (Å²) in [6.45, 7) is -3.21. The fourth-order valence-electron chi connectivity index (χ4n) is 2.70. The van der Waals surface area contributed by atoms with Crippen LogP contribution >= 0.6 is 0 Å². The molecule has 14 heteroatoms. The molecule has 4 N–H and O–H groups in total. The number of anilines is 1. The monoisotopic (exact) mass is 407 g/mol. The molecular weight excluding hydrogens is 391 g/mol. The normalized spacial score (nSPS) is 25.3. The molecule has 1 fully saturated rings. The lowest BCUT2D eigenvalue weighted by Gasteiger charge is -2.21. The van der Waals surface area contributed by atoms with Crippen molar-refractivity contribution >= 4 is 23.0 Å². The predicted octanol–water partition coefficient (Wildman–Crippen LogP) is -0.850. The van der Waals surface area contributed by atoms with Crippen molar-refractivity contribution < 1.29 is 42.4 Å². The number of hydrogen-bond donors (Lipinski definition) is 3. The van der Waals surface area contributed by atoms with E-state index < -0.39 is 56.5 Å². The van der Waals surface area contributed by atoms with Gasteiger partial charge < -0.3 is 30.2 Å². The molecule has 2 aromatic rings. The van der Waals surface area contributed by atoms with E-state index in [2.05, 4.69) is 19.7 Å². The molecule has 0 aliphatic carbocycles. The highest BCUT2D eigenvalue weighted by Crippen LogP contribution is 2.33. The number of fused-ring (bicyclic) bond motifs is 1. The van der Waals surface area contributed by atoms with Crippen molar-refractivity contribution in [1.29, 1.82) is 0 Å². The molecule has 0 saturated carbocycles. The van der Waals surface area contributed by atoms with Gasteiger partial charge in [0.2, 0.25) is 0 Å². The van der Waals surface area contributed by atoms with Crippen molar-refractivity contribution in [3.63, 3.8) is 0 Å². The van der Waals surface area contributed by atoms with Gasteiger partial charge in [0, 0.05) is 0 Å². The Labute approximate surface area is 154 Å². The Balaban J connectivity index is 1.77. The Hall–Kier alpha value is -2.55. The first kappa shape index (κ1) is 20.2. The second-order valence-corrected chi connectivity index (χ2v) is 5.87. The number of aliphatic hydroxyl groups excluding tert-OH is 2. The first-order valence-corrected chi connectivity index (χ1v) is 7.92. The third kappa shape index (κ3) is 4.14. The molecule has 0 radical (unpaired) electrons. The molecule has 3 rings (SSSR count). The number of aromatic nitrogens is 4. The van der Waals surface area contributed by atoms with E-state index in [9.17, 15) is 28.2 Å². The maximum atomic E-state index is 12.1. The lowest BCUT2D eigenvalue weighted by molar-refractivity contribution is -0.191. The number of imidazole rings is 1. The van der Waals surface area contributed by atoms with E-state index in [0.29, 0.717) is 0 Å². The number of carbonyl (C=O) groups excluding carboxylic acids is 1. The summed E-state index contributed by atoms with van der Waals surface area (Å²) in [7, 11) is 0. The zero-order chi connectivity index (χ0) is 20.5. The van der Waals surface area contributed by atoms with Crippen LogP contribution in [-0.4, -0.2) is 80.0 Å². The number of nitrogens with zero attached hydrogens (tertiary/aromatic N) is 4. The summed E-state index contributed by atoms with van der Waals surface area (Å²) in [4.78, 5) is 23.3. The number of esters is 1. The number of aliphatic hydroxyl groups is 2. The number of nitrogen functional groups attached to an aromatic ring is 1. The molecule has 11 nitrogen and oxygen atoms in total. The van der Waals surface area contributed by atoms with Gasteiger partial charge in [0.15, 0.2) is 24.3 Å². The summed E-state index contributed by atoms with van der Waals surface area (Å²) in [5.41, 5.74) is 6.19. The van der Waals surface area contributed by atoms with Crippen LogP contribution in [-0.2, 0) is 19.0 Å². The zero-order valence-electron chi connectivity index (χ0n) is 14.1. The van der Waals surface area contributed by atoms with Gasteiger partial charge in [-0.05, 0) is 0 Å². The molecular formula is C14H16F3N5O6. The molecule has 2 aromatic heterocycles. The van der Waals surface area contributed by atoms with E-state index in [0.717, 1.165) is 0 Å². The number of rotatable bonds is 6. The molecule has 0 spiro atoms. The number of alkyl halides is 3. The van der Waals surface area contributed by atoms with Gasteiger partial charge in [-0.25, -0.2) is 19.7 Å². The maximum Gasteiger partial charge on any atom is 0.422 e. The largest absolute Gasteiger partial charge is 0.454 e. The Bertz CT molecular complexity index is 846. The van der Waals surface area contributed by atoms with Crippen LogP contribution in [0.5, 0.6) is 0 Å². The van der Waals surface area contributed by atoms with Crippen molar-refractivity contribution in [3.05, 3.63) is 12.7 Å². The SMILES string of the molecule is Nc1ncnc2c1ncn2C1OC(CO)C(O)C1OCC(=O)OCC(F)(F)F. The predicted molar refractivity (Wildman–Crippen MR) is 83.5 cm³/mol. The lowest BCUT2D eigenvalue weighted by atomic mass is 10.1. The Kier molecular flexibility index (Phi) is 5.64. The molecule has 1 saturated heterocycles. The highest BCUT2D eigenvalue weighted by molar-refractivity contribution is 5.81. The summed E-state index contributed by atoms with van der Waals surface area (Å²) < 4.78 is 52.5. The fourth-order valence-corrected chi connectivity index (χ4v) is 2.70. The van der Waals surface area contributed by atoms with Crippen molar-refractivity contribution in [1.82, 2.24) is 19.5 Å². The number of nitrogens with two attached hydrogens (primary N) is 1. The standard InChI is InChI=1S/C14H16F3N5O6/c15-14(16,17)3-27-7(24)2-26-10-9(25)6(1-23)28-13(10)22-5-21-8-11(18)19-4-20-12(8)22/h4-6,9-10,13,23,25H,1-3H2,(H2,18,19,20). The molecule has 3 heterocycles. The van der Waals surface area contributed by atoms with Crippen LogP contribution in [0.1, 0.15) is 6.23 Å². The van der Waals surface area contributed by atoms with Crippen LogP contribution < -0.4 is 5.73 Å². The fraction of sp³-hybridized carbons (Fsp3) is 0.571. The van der Waals surface area contributed by atoms with Crippen molar-refractivity contribution in [2.75, 3.05) is 25.6 Å². The average molecular weight is 407 g/mol. The van der Waals surface area contributed by atoms with Gasteiger partial charge in [-0.1, -0.05) is 0 Å². The average Bonchev–Trinajstić information content (AvgIpc) is 3.19. The van der Waals surface area contributed by atoms with Crippen LogP contribution in [0.25, 0.3) is 11.2 Å². The lowest BCUT2D eigenvalue weighted by Crippen LogP contribution is -2.37. The second-order valence-electron chi connectivity index (χ2n) is 5.87. The minimum Gasteiger partial charge on any atom is -0.454 e. The van der Waals surface area contributed by atoms with Gasteiger partial charge >= 0.3 is 12.1 Å². The topological polar surface area (TPSA) is 155 Å². The van der Waals surface area contributed by atoms with Crippen LogP contribution in [0, 0.1) is 0 Å². The summed E-state index contributed by atoms with van der Waals surface area (Å²) in [5, 5.41) is 19.6. The third-order valence-corrected chi connectivity index (χ3v) is 3.94. The highest BCUT2D eigenvalue weighted by atomic mass is 19.4. The van der Waals surface area contributed by atoms with E-state index in [-0.39, 0.29) is 17.0 Å². The molecule has 0 amide bonds. The Morgan fingerprint density at radius 3 is 2.79 bits per heavy atom. The molecule has 0 aromatic carbocycles. The van der Waals surface area contributed by atoms with Crippen LogP contribution in [0.2, 0.25) is 0 Å². The summed E-state index contributed by atoms with van der Waals surface area (Å²) >= 11 is 0. The van der Waals surface area contributed by atoms with Gasteiger partial charge in [0.05, 0.1) is 12.9 Å². The van der Waals surface area contributed by atoms with E-state index >= 15 is 0 Å². The molecule has 1 aliphatic rings. The highest BCUT2D eigenvalue weighted by Gasteiger charge is 2.46. The van der Waals surface area contributed by atoms with Crippen LogP contribution in [0.15, 0.2) is 12.7 Å². The zero-order valence-corrected chi connectivity index (χ0v) is 14.1. The number of ether oxygens (including phenoxy) is 3. The third-order valence-electron chi connectivity index (χ3n) is 3.94. The molecule has 4 atom stereocenters. The Morgan fingerprint density at radius 2 is 2.11 bits per heavy atom. The molecule has 4 unspecified atom stereocenters. The minimum absolute atomic E-state index is 0.0919. The van der Waals surface area contributed by atoms with E-state index in [1.807, 2.05) is 0 Å². The summed E-state index contributed by atoms with van der Waals surface area (Å²) in [6.07, 6.45) is -7.00. The first-order chi connectivity index (χ1) is 13.2. The van der Waals surface area contributed by atoms with Crippen molar-refractivity contribution in [2.45, 2.75) is 30.7 Å². The van der Waals surface area contributed by atoms with Crippen molar-refractivity contribution in [3.8, 4) is 0 Å². The molecule has 28 heavy (non-hydrogen) atoms. The number of hydrogen-bond acceptors (Lipinski definition) is 10. The number of carbonyl (C=O) groups is 1. The summed E-state index contributed by atoms with van der Waals surface area (Å²) in [5.74, 6) is -1.19. The van der Waals surface area contributed by atoms with E-state index in [4.69, 9.17) is 15.2 Å². The van der Waals surface area contributed by atoms with Gasteiger partial charge in [0.1, 0.15) is 36.8 Å².